The number of rotatable bonds is 0. The zero-order valence-corrected chi connectivity index (χ0v) is 6.18. The van der Waals surface area contributed by atoms with Crippen LogP contribution in [-0.4, -0.2) is 14.2 Å². The summed E-state index contributed by atoms with van der Waals surface area (Å²) in [6.07, 6.45) is 2.15. The fourth-order valence-corrected chi connectivity index (χ4v) is 1.40. The number of carbonyl (C=O) groups is 1. The smallest absolute Gasteiger partial charge is 0.196 e. The SMILES string of the molecule is CC1=CC(=O)C=CS1(=O)=O. The number of hydrogen-bond acceptors (Lipinski definition) is 3. The van der Waals surface area contributed by atoms with Gasteiger partial charge in [-0.25, -0.2) is 8.42 Å². The molecule has 1 aliphatic rings. The first-order valence-electron chi connectivity index (χ1n) is 2.68. The Morgan fingerprint density at radius 3 is 2.40 bits per heavy atom. The highest BCUT2D eigenvalue weighted by Gasteiger charge is 2.14. The van der Waals surface area contributed by atoms with Gasteiger partial charge in [-0.1, -0.05) is 0 Å². The van der Waals surface area contributed by atoms with E-state index < -0.39 is 9.84 Å². The Bertz CT molecular complexity index is 319. The second kappa shape index (κ2) is 2.05. The third kappa shape index (κ3) is 1.16. The van der Waals surface area contributed by atoms with Crippen LogP contribution in [0.4, 0.5) is 0 Å². The highest BCUT2D eigenvalue weighted by atomic mass is 32.2. The second-order valence-corrected chi connectivity index (χ2v) is 4.01. The number of hydrogen-bond donors (Lipinski definition) is 0. The van der Waals surface area contributed by atoms with Crippen molar-refractivity contribution in [3.63, 3.8) is 0 Å². The Balaban J connectivity index is 3.23. The van der Waals surface area contributed by atoms with Crippen LogP contribution in [0.15, 0.2) is 22.5 Å². The van der Waals surface area contributed by atoms with Crippen molar-refractivity contribution in [2.45, 2.75) is 6.92 Å². The molecule has 10 heavy (non-hydrogen) atoms. The summed E-state index contributed by atoms with van der Waals surface area (Å²) in [7, 11) is -3.23. The molecule has 0 bridgehead atoms. The van der Waals surface area contributed by atoms with Crippen molar-refractivity contribution >= 4 is 15.6 Å². The van der Waals surface area contributed by atoms with Gasteiger partial charge in [0.25, 0.3) is 0 Å². The number of allylic oxidation sites excluding steroid dienone is 3. The van der Waals surface area contributed by atoms with Gasteiger partial charge in [0.2, 0.25) is 0 Å². The minimum Gasteiger partial charge on any atom is -0.290 e. The minimum atomic E-state index is -3.23. The van der Waals surface area contributed by atoms with Gasteiger partial charge in [0.15, 0.2) is 15.6 Å². The highest BCUT2D eigenvalue weighted by Crippen LogP contribution is 2.12. The molecule has 0 unspecified atom stereocenters. The molecule has 0 aromatic rings. The first kappa shape index (κ1) is 7.21. The van der Waals surface area contributed by atoms with E-state index in [2.05, 4.69) is 0 Å². The second-order valence-electron chi connectivity index (χ2n) is 2.01. The molecule has 1 heterocycles. The number of sulfone groups is 1. The molecule has 0 aromatic carbocycles. The monoisotopic (exact) mass is 158 g/mol. The van der Waals surface area contributed by atoms with Crippen LogP contribution in [0.25, 0.3) is 0 Å². The zero-order valence-electron chi connectivity index (χ0n) is 5.37. The van der Waals surface area contributed by atoms with Crippen LogP contribution in [0.1, 0.15) is 6.92 Å². The minimum absolute atomic E-state index is 0.111. The lowest BCUT2D eigenvalue weighted by Gasteiger charge is -2.00. The van der Waals surface area contributed by atoms with Crippen molar-refractivity contribution in [2.75, 3.05) is 0 Å². The van der Waals surface area contributed by atoms with Gasteiger partial charge in [0.05, 0.1) is 0 Å². The topological polar surface area (TPSA) is 51.2 Å². The third-order valence-electron chi connectivity index (χ3n) is 1.21. The highest BCUT2D eigenvalue weighted by molar-refractivity contribution is 7.98. The van der Waals surface area contributed by atoms with Crippen LogP contribution >= 0.6 is 0 Å². The van der Waals surface area contributed by atoms with Gasteiger partial charge in [0.1, 0.15) is 0 Å². The standard InChI is InChI=1S/C6H6O3S/c1-5-4-6(7)2-3-10(5,8)9/h2-4H,1H3. The quantitative estimate of drug-likeness (QED) is 0.512. The maximum atomic E-state index is 10.8. The molecule has 0 aliphatic carbocycles. The Labute approximate surface area is 59.0 Å². The van der Waals surface area contributed by atoms with Gasteiger partial charge in [-0.3, -0.25) is 4.79 Å². The Morgan fingerprint density at radius 1 is 1.40 bits per heavy atom. The summed E-state index contributed by atoms with van der Waals surface area (Å²) in [4.78, 5) is 10.6. The maximum Gasteiger partial charge on any atom is 0.196 e. The van der Waals surface area contributed by atoms with E-state index >= 15 is 0 Å². The molecule has 0 saturated heterocycles. The molecule has 0 spiro atoms. The predicted octanol–water partition coefficient (Wildman–Crippen LogP) is 0.401. The molecule has 0 N–H and O–H groups in total. The lowest BCUT2D eigenvalue weighted by molar-refractivity contribution is -0.110. The Morgan fingerprint density at radius 2 is 2.00 bits per heavy atom. The fourth-order valence-electron chi connectivity index (χ4n) is 0.595. The van der Waals surface area contributed by atoms with E-state index in [1.54, 1.807) is 0 Å². The molecule has 1 aliphatic heterocycles. The summed E-state index contributed by atoms with van der Waals surface area (Å²) >= 11 is 0. The van der Waals surface area contributed by atoms with Crippen LogP contribution in [-0.2, 0) is 14.6 Å². The average Bonchev–Trinajstić information content (AvgIpc) is 1.81. The largest absolute Gasteiger partial charge is 0.290 e. The summed E-state index contributed by atoms with van der Waals surface area (Å²) in [5.41, 5.74) is 0. The lowest BCUT2D eigenvalue weighted by atomic mass is 10.3. The predicted molar refractivity (Wildman–Crippen MR) is 36.8 cm³/mol. The molecule has 0 saturated carbocycles. The zero-order chi connectivity index (χ0) is 7.78. The fraction of sp³-hybridized carbons (Fsp3) is 0.167. The van der Waals surface area contributed by atoms with Crippen LogP contribution in [0.3, 0.4) is 0 Å². The van der Waals surface area contributed by atoms with E-state index in [1.807, 2.05) is 0 Å². The van der Waals surface area contributed by atoms with Crippen molar-refractivity contribution in [1.29, 1.82) is 0 Å². The van der Waals surface area contributed by atoms with E-state index in [1.165, 1.54) is 6.92 Å². The van der Waals surface area contributed by atoms with Gasteiger partial charge >= 0.3 is 0 Å². The molecule has 0 aromatic heterocycles. The van der Waals surface area contributed by atoms with Gasteiger partial charge in [-0.15, -0.1) is 0 Å². The molecule has 3 nitrogen and oxygen atoms in total. The first-order valence-corrected chi connectivity index (χ1v) is 4.22. The van der Waals surface area contributed by atoms with Gasteiger partial charge in [0, 0.05) is 16.4 Å². The molecule has 0 fully saturated rings. The van der Waals surface area contributed by atoms with E-state index in [4.69, 9.17) is 0 Å². The van der Waals surface area contributed by atoms with Gasteiger partial charge in [-0.2, -0.15) is 0 Å². The average molecular weight is 158 g/mol. The van der Waals surface area contributed by atoms with Crippen LogP contribution in [0.2, 0.25) is 0 Å². The molecule has 0 atom stereocenters. The lowest BCUT2D eigenvalue weighted by Crippen LogP contribution is -2.05. The Kier molecular flexibility index (Phi) is 1.48. The summed E-state index contributed by atoms with van der Waals surface area (Å²) in [5.74, 6) is -0.271. The molecular weight excluding hydrogens is 152 g/mol. The Hall–Kier alpha value is -0.900. The molecule has 0 amide bonds. The summed E-state index contributed by atoms with van der Waals surface area (Å²) in [6.45, 7) is 1.40. The van der Waals surface area contributed by atoms with Crippen molar-refractivity contribution < 1.29 is 13.2 Å². The van der Waals surface area contributed by atoms with E-state index in [9.17, 15) is 13.2 Å². The van der Waals surface area contributed by atoms with Crippen molar-refractivity contribution in [2.24, 2.45) is 0 Å². The van der Waals surface area contributed by atoms with Crippen molar-refractivity contribution in [1.82, 2.24) is 0 Å². The molecule has 1 rings (SSSR count). The molecule has 54 valence electrons. The normalized spacial score (nSPS) is 22.5. The van der Waals surface area contributed by atoms with Gasteiger partial charge < -0.3 is 0 Å². The molecule has 0 radical (unpaired) electrons. The van der Waals surface area contributed by atoms with E-state index in [-0.39, 0.29) is 10.7 Å². The van der Waals surface area contributed by atoms with Crippen molar-refractivity contribution in [3.8, 4) is 0 Å². The summed E-state index contributed by atoms with van der Waals surface area (Å²) in [5, 5.41) is 0.921. The van der Waals surface area contributed by atoms with E-state index in [0.717, 1.165) is 17.6 Å². The third-order valence-corrected chi connectivity index (χ3v) is 2.72. The van der Waals surface area contributed by atoms with Gasteiger partial charge in [-0.05, 0) is 13.0 Å². The number of carbonyl (C=O) groups excluding carboxylic acids is 1. The van der Waals surface area contributed by atoms with Crippen molar-refractivity contribution in [3.05, 3.63) is 22.5 Å². The summed E-state index contributed by atoms with van der Waals surface area (Å²) < 4.78 is 21.6. The van der Waals surface area contributed by atoms with Crippen LogP contribution in [0, 0.1) is 0 Å². The van der Waals surface area contributed by atoms with Crippen LogP contribution < -0.4 is 0 Å². The molecule has 4 heteroatoms. The molecular formula is C6H6O3S. The van der Waals surface area contributed by atoms with E-state index in [0.29, 0.717) is 0 Å². The first-order chi connectivity index (χ1) is 4.52. The van der Waals surface area contributed by atoms with Crippen LogP contribution in [0.5, 0.6) is 0 Å². The maximum absolute atomic E-state index is 10.8. The summed E-state index contributed by atoms with van der Waals surface area (Å²) in [6, 6.07) is 0. The number of ketones is 1.